The molecule has 0 bridgehead atoms. The minimum atomic E-state index is -0.0651. The van der Waals surface area contributed by atoms with Crippen molar-refractivity contribution in [3.05, 3.63) is 59.1 Å². The Balaban J connectivity index is 1.37. The van der Waals surface area contributed by atoms with Gasteiger partial charge in [0.2, 0.25) is 0 Å². The highest BCUT2D eigenvalue weighted by Gasteiger charge is 2.20. The molecule has 34 heavy (non-hydrogen) atoms. The Labute approximate surface area is 203 Å². The Morgan fingerprint density at radius 1 is 1.18 bits per heavy atom. The van der Waals surface area contributed by atoms with Crippen molar-refractivity contribution in [3.8, 4) is 17.2 Å². The van der Waals surface area contributed by atoms with Crippen LogP contribution in [0.25, 0.3) is 21.0 Å². The zero-order valence-electron chi connectivity index (χ0n) is 19.8. The number of likely N-dealkylation sites (tertiary alicyclic amines) is 1. The van der Waals surface area contributed by atoms with Gasteiger partial charge in [0.25, 0.3) is 5.91 Å². The Hall–Kier alpha value is -3.16. The number of ether oxygens (including phenoxy) is 2. The van der Waals surface area contributed by atoms with Crippen molar-refractivity contribution in [2.75, 3.05) is 27.2 Å². The Bertz CT molecular complexity index is 1350. The molecule has 1 unspecified atom stereocenters. The van der Waals surface area contributed by atoms with Crippen LogP contribution in [-0.4, -0.2) is 49.1 Å². The molecule has 1 aliphatic rings. The molecule has 7 heteroatoms. The number of nitrogens with zero attached hydrogens (tertiary/aromatic N) is 2. The second kappa shape index (κ2) is 9.60. The van der Waals surface area contributed by atoms with Crippen LogP contribution in [0.15, 0.2) is 48.7 Å². The van der Waals surface area contributed by atoms with E-state index in [-0.39, 0.29) is 5.91 Å². The average molecular weight is 476 g/mol. The highest BCUT2D eigenvalue weighted by molar-refractivity contribution is 7.19. The molecular weight excluding hydrogens is 446 g/mol. The first-order valence-electron chi connectivity index (χ1n) is 11.7. The molecule has 6 nitrogen and oxygen atoms in total. The van der Waals surface area contributed by atoms with E-state index in [0.29, 0.717) is 12.6 Å². The molecule has 5 rings (SSSR count). The molecule has 1 aliphatic heterocycles. The number of carbonyl (C=O) groups is 1. The van der Waals surface area contributed by atoms with E-state index in [1.807, 2.05) is 49.4 Å². The van der Waals surface area contributed by atoms with E-state index in [1.54, 1.807) is 24.6 Å². The molecule has 176 valence electrons. The van der Waals surface area contributed by atoms with Crippen molar-refractivity contribution in [3.63, 3.8) is 0 Å². The van der Waals surface area contributed by atoms with Crippen molar-refractivity contribution in [2.45, 2.75) is 32.2 Å². The third-order valence-corrected chi connectivity index (χ3v) is 7.65. The van der Waals surface area contributed by atoms with Gasteiger partial charge in [0.1, 0.15) is 17.2 Å². The van der Waals surface area contributed by atoms with Gasteiger partial charge in [-0.2, -0.15) is 0 Å². The number of aromatic nitrogens is 1. The van der Waals surface area contributed by atoms with Crippen LogP contribution in [0.4, 0.5) is 0 Å². The molecular formula is C27H29N3O3S. The number of hydrogen-bond acceptors (Lipinski definition) is 6. The fraction of sp³-hybridized carbons (Fsp3) is 0.333. The molecule has 1 atom stereocenters. The number of nitrogens with one attached hydrogen (secondary N) is 1. The van der Waals surface area contributed by atoms with Gasteiger partial charge in [-0.25, -0.2) is 0 Å². The molecule has 0 saturated carbocycles. The normalized spacial score (nSPS) is 16.3. The predicted octanol–water partition coefficient (Wildman–Crippen LogP) is 5.77. The van der Waals surface area contributed by atoms with Crippen LogP contribution in [0.3, 0.4) is 0 Å². The molecule has 1 amide bonds. The molecule has 1 fully saturated rings. The second-order valence-corrected chi connectivity index (χ2v) is 10.0. The molecule has 0 radical (unpaired) electrons. The topological polar surface area (TPSA) is 63.7 Å². The lowest BCUT2D eigenvalue weighted by molar-refractivity contribution is 0.0964. The summed E-state index contributed by atoms with van der Waals surface area (Å²) in [6, 6.07) is 14.3. The van der Waals surface area contributed by atoms with Crippen molar-refractivity contribution in [2.24, 2.45) is 0 Å². The Morgan fingerprint density at radius 2 is 2.03 bits per heavy atom. The number of thiophene rings is 1. The van der Waals surface area contributed by atoms with Crippen molar-refractivity contribution in [1.29, 1.82) is 0 Å². The summed E-state index contributed by atoms with van der Waals surface area (Å²) in [7, 11) is 3.85. The van der Waals surface area contributed by atoms with Gasteiger partial charge < -0.3 is 19.7 Å². The summed E-state index contributed by atoms with van der Waals surface area (Å²) in [4.78, 5) is 20.2. The minimum Gasteiger partial charge on any atom is -0.494 e. The molecule has 2 aromatic carbocycles. The van der Waals surface area contributed by atoms with E-state index in [4.69, 9.17) is 9.47 Å². The smallest absolute Gasteiger partial charge is 0.252 e. The van der Waals surface area contributed by atoms with Gasteiger partial charge in [-0.15, -0.1) is 11.3 Å². The summed E-state index contributed by atoms with van der Waals surface area (Å²) in [5.74, 6) is 2.21. The largest absolute Gasteiger partial charge is 0.494 e. The van der Waals surface area contributed by atoms with E-state index in [9.17, 15) is 4.79 Å². The summed E-state index contributed by atoms with van der Waals surface area (Å²) in [5.41, 5.74) is 1.59. The number of amides is 1. The maximum atomic E-state index is 12.3. The highest BCUT2D eigenvalue weighted by Crippen LogP contribution is 2.36. The lowest BCUT2D eigenvalue weighted by Gasteiger charge is -2.19. The third kappa shape index (κ3) is 4.45. The van der Waals surface area contributed by atoms with E-state index >= 15 is 0 Å². The molecule has 3 heterocycles. The van der Waals surface area contributed by atoms with Crippen LogP contribution in [-0.2, 0) is 0 Å². The second-order valence-electron chi connectivity index (χ2n) is 8.77. The average Bonchev–Trinajstić information content (AvgIpc) is 3.40. The summed E-state index contributed by atoms with van der Waals surface area (Å²) in [5, 5.41) is 4.58. The molecule has 1 saturated heterocycles. The van der Waals surface area contributed by atoms with Gasteiger partial charge in [0.05, 0.1) is 17.7 Å². The number of pyridine rings is 1. The zero-order chi connectivity index (χ0) is 23.7. The molecule has 2 aromatic heterocycles. The first-order valence-corrected chi connectivity index (χ1v) is 12.5. The van der Waals surface area contributed by atoms with Crippen LogP contribution >= 0.6 is 11.3 Å². The number of aryl methyl sites for hydroxylation is 1. The number of carbonyl (C=O) groups excluding carboxylic acids is 1. The Morgan fingerprint density at radius 3 is 2.82 bits per heavy atom. The lowest BCUT2D eigenvalue weighted by atomic mass is 10.1. The van der Waals surface area contributed by atoms with Crippen LogP contribution in [0.1, 0.15) is 34.5 Å². The molecule has 0 spiro atoms. The van der Waals surface area contributed by atoms with Gasteiger partial charge in [-0.1, -0.05) is 0 Å². The molecule has 1 N–H and O–H groups in total. The summed E-state index contributed by atoms with van der Waals surface area (Å²) in [6.45, 7) is 3.84. The SMILES string of the molecule is CNC(=O)c1c(C)sc2cc(Oc3ccnc4ccc(OCCC5CCCN5C)cc34)ccc12. The first kappa shape index (κ1) is 22.6. The first-order chi connectivity index (χ1) is 16.5. The quantitative estimate of drug-likeness (QED) is 0.367. The van der Waals surface area contributed by atoms with Gasteiger partial charge in [-0.3, -0.25) is 9.78 Å². The van der Waals surface area contributed by atoms with Crippen LogP contribution in [0.2, 0.25) is 0 Å². The fourth-order valence-corrected chi connectivity index (χ4v) is 5.82. The standard InChI is InChI=1S/C27H29N3O3S/c1-17-26(27(31)28-2)21-8-6-20(16-25(21)34-17)33-24-10-12-29-23-9-7-19(15-22(23)24)32-14-11-18-5-4-13-30(18)3/h6-10,12,15-16,18H,4-5,11,13-14H2,1-3H3,(H,28,31). The predicted molar refractivity (Wildman–Crippen MR) is 138 cm³/mol. The third-order valence-electron chi connectivity index (χ3n) is 6.58. The minimum absolute atomic E-state index is 0.0651. The van der Waals surface area contributed by atoms with Crippen molar-refractivity contribution >= 4 is 38.2 Å². The number of benzene rings is 2. The molecule has 4 aromatic rings. The number of rotatable bonds is 7. The summed E-state index contributed by atoms with van der Waals surface area (Å²) < 4.78 is 13.4. The Kier molecular flexibility index (Phi) is 6.39. The van der Waals surface area contributed by atoms with E-state index < -0.39 is 0 Å². The zero-order valence-corrected chi connectivity index (χ0v) is 20.6. The number of fused-ring (bicyclic) bond motifs is 2. The maximum Gasteiger partial charge on any atom is 0.252 e. The van der Waals surface area contributed by atoms with Gasteiger partial charge >= 0.3 is 0 Å². The van der Waals surface area contributed by atoms with E-state index in [0.717, 1.165) is 55.1 Å². The maximum absolute atomic E-state index is 12.3. The van der Waals surface area contributed by atoms with Gasteiger partial charge in [0.15, 0.2) is 0 Å². The van der Waals surface area contributed by atoms with Crippen molar-refractivity contribution < 1.29 is 14.3 Å². The number of hydrogen-bond donors (Lipinski definition) is 1. The van der Waals surface area contributed by atoms with Crippen LogP contribution < -0.4 is 14.8 Å². The lowest BCUT2D eigenvalue weighted by Crippen LogP contribution is -2.26. The molecule has 0 aliphatic carbocycles. The van der Waals surface area contributed by atoms with Gasteiger partial charge in [-0.05, 0) is 82.2 Å². The highest BCUT2D eigenvalue weighted by atomic mass is 32.1. The fourth-order valence-electron chi connectivity index (χ4n) is 4.73. The van der Waals surface area contributed by atoms with Crippen LogP contribution in [0.5, 0.6) is 17.2 Å². The monoisotopic (exact) mass is 475 g/mol. The van der Waals surface area contributed by atoms with Crippen LogP contribution in [0, 0.1) is 6.92 Å². The van der Waals surface area contributed by atoms with Crippen molar-refractivity contribution in [1.82, 2.24) is 15.2 Å². The van der Waals surface area contributed by atoms with Gasteiger partial charge in [0, 0.05) is 39.6 Å². The van der Waals surface area contributed by atoms with E-state index in [2.05, 4.69) is 22.2 Å². The summed E-state index contributed by atoms with van der Waals surface area (Å²) >= 11 is 1.60. The van der Waals surface area contributed by atoms with E-state index in [1.165, 1.54) is 19.4 Å². The summed E-state index contributed by atoms with van der Waals surface area (Å²) in [6.07, 6.45) is 5.31.